The van der Waals surface area contributed by atoms with E-state index < -0.39 is 136 Å². The molecule has 0 saturated heterocycles. The van der Waals surface area contributed by atoms with Crippen LogP contribution in [-0.4, -0.2) is 77.4 Å². The number of halogens is 25. The van der Waals surface area contributed by atoms with Gasteiger partial charge < -0.3 is 23.7 Å². The predicted molar refractivity (Wildman–Crippen MR) is 236 cm³/mol. The molecular weight excluding hydrogens is 1530 g/mol. The third-order valence-corrected chi connectivity index (χ3v) is 14.0. The molecule has 0 aliphatic heterocycles. The molecule has 0 heterocycles. The first-order valence-electron chi connectivity index (χ1n) is 17.4. The summed E-state index contributed by atoms with van der Waals surface area (Å²) < 4.78 is 347. The van der Waals surface area contributed by atoms with Crippen molar-refractivity contribution in [1.82, 2.24) is 0 Å². The molecule has 4 aromatic carbocycles. The Kier molecular flexibility index (Phi) is 25.6. The van der Waals surface area contributed by atoms with E-state index in [1.54, 1.807) is 6.07 Å². The number of nitriles is 1. The number of benzene rings is 4. The maximum atomic E-state index is 13.7. The molecule has 0 saturated carbocycles. The van der Waals surface area contributed by atoms with Gasteiger partial charge in [0.05, 0.1) is 6.07 Å². The van der Waals surface area contributed by atoms with Crippen molar-refractivity contribution in [1.29, 1.82) is 5.26 Å². The van der Waals surface area contributed by atoms with Crippen molar-refractivity contribution < 1.29 is 187 Å². The summed E-state index contributed by atoms with van der Waals surface area (Å²) in [6, 6.07) is 7.14. The molecular formula is C34H15Br4Cl2F19KNO12S4. The monoisotopic (exact) mass is 1540 g/mol. The first-order valence-corrected chi connectivity index (χ1v) is 27.9. The van der Waals surface area contributed by atoms with Crippen molar-refractivity contribution in [3.8, 4) is 51.3 Å². The Labute approximate surface area is 504 Å². The van der Waals surface area contributed by atoms with Crippen LogP contribution in [0.2, 0.25) is 0 Å². The molecule has 0 unspecified atom stereocenters. The van der Waals surface area contributed by atoms with E-state index in [2.05, 4.69) is 18.9 Å². The second kappa shape index (κ2) is 26.2. The fourth-order valence-corrected chi connectivity index (χ4v) is 8.15. The van der Waals surface area contributed by atoms with Gasteiger partial charge in [0.2, 0.25) is 0 Å². The molecule has 4 aromatic rings. The molecule has 43 heteroatoms. The van der Waals surface area contributed by atoms with Gasteiger partial charge in [-0.1, -0.05) is 24.3 Å². The summed E-state index contributed by atoms with van der Waals surface area (Å²) in [7, 11) is -11.6. The average molecular weight is 1550 g/mol. The maximum absolute atomic E-state index is 13.7. The summed E-state index contributed by atoms with van der Waals surface area (Å²) in [5, 5.41) is 7.32. The van der Waals surface area contributed by atoms with E-state index in [0.29, 0.717) is 36.4 Å². The molecule has 0 radical (unpaired) electrons. The molecule has 0 spiro atoms. The van der Waals surface area contributed by atoms with Crippen molar-refractivity contribution in [2.75, 3.05) is 0 Å². The third-order valence-electron chi connectivity index (χ3n) is 7.76. The van der Waals surface area contributed by atoms with E-state index in [9.17, 15) is 112 Å². The fourth-order valence-electron chi connectivity index (χ4n) is 4.63. The van der Waals surface area contributed by atoms with Crippen LogP contribution >= 0.6 is 85.1 Å². The van der Waals surface area contributed by atoms with E-state index in [1.165, 1.54) is 70.6 Å². The van der Waals surface area contributed by atoms with Crippen LogP contribution in [-0.2, 0) is 38.5 Å². The minimum Gasteiger partial charge on any atom is -1.00 e. The van der Waals surface area contributed by atoms with Crippen molar-refractivity contribution in [2.45, 2.75) is 70.3 Å². The van der Waals surface area contributed by atoms with Gasteiger partial charge in [-0.15, -0.1) is 7.77 Å². The summed E-state index contributed by atoms with van der Waals surface area (Å²) in [4.78, 5) is -26.1. The Balaban J connectivity index is 0.00000139. The van der Waals surface area contributed by atoms with E-state index in [0.717, 1.165) is 12.1 Å². The average Bonchev–Trinajstić information content (AvgIpc) is 3.18. The molecule has 0 N–H and O–H groups in total. The van der Waals surface area contributed by atoms with Gasteiger partial charge in [-0.3, -0.25) is 0 Å². The van der Waals surface area contributed by atoms with Crippen LogP contribution in [0, 0.1) is 11.3 Å². The first kappa shape index (κ1) is 75.2. The minimum atomic E-state index is -5.99. The van der Waals surface area contributed by atoms with Crippen LogP contribution in [0.3, 0.4) is 0 Å². The smallest absolute Gasteiger partial charge is 1.00 e. The Morgan fingerprint density at radius 3 is 0.714 bits per heavy atom. The number of nitrogens with zero attached hydrogens (tertiary/aromatic N) is 1. The normalized spacial score (nSPS) is 13.2. The summed E-state index contributed by atoms with van der Waals surface area (Å²) in [6.07, 6.45) is -21.4. The van der Waals surface area contributed by atoms with Crippen LogP contribution in [0.5, 0.6) is 23.0 Å². The largest absolute Gasteiger partial charge is 1.00 e. The first-order chi connectivity index (χ1) is 33.1. The second-order valence-corrected chi connectivity index (χ2v) is 24.8. The number of rotatable bonds is 18. The molecule has 4 rings (SSSR count). The molecule has 0 atom stereocenters. The molecule has 0 aliphatic rings. The van der Waals surface area contributed by atoms with E-state index in [-0.39, 0.29) is 91.5 Å². The molecule has 428 valence electrons. The zero-order valence-electron chi connectivity index (χ0n) is 35.9. The van der Waals surface area contributed by atoms with Crippen LogP contribution in [0.15, 0.2) is 92.4 Å². The number of alkyl halides is 20. The van der Waals surface area contributed by atoms with Crippen LogP contribution in [0.1, 0.15) is 6.92 Å². The zero-order chi connectivity index (χ0) is 58.9. The van der Waals surface area contributed by atoms with Gasteiger partial charge in [-0.2, -0.15) is 92.3 Å². The Bertz CT molecular complexity index is 2880. The Morgan fingerprint density at radius 2 is 0.571 bits per heavy atom. The minimum absolute atomic E-state index is 0. The second-order valence-electron chi connectivity index (χ2n) is 13.1. The summed E-state index contributed by atoms with van der Waals surface area (Å²) in [6.45, 7) is 1.43. The van der Waals surface area contributed by atoms with E-state index in [4.69, 9.17) is 26.6 Å². The summed E-state index contributed by atoms with van der Waals surface area (Å²) >= 11 is 5.33. The fraction of sp³-hybridized carbons (Fsp3) is 0.265. The van der Waals surface area contributed by atoms with Crippen LogP contribution in [0.4, 0.5) is 78.0 Å². The molecule has 0 aliphatic carbocycles. The van der Waals surface area contributed by atoms with Gasteiger partial charge in [0, 0.05) is 92.0 Å². The van der Waals surface area contributed by atoms with Gasteiger partial charge in [0.15, 0.2) is 0 Å². The summed E-state index contributed by atoms with van der Waals surface area (Å²) in [5.74, 6) is -5.96. The van der Waals surface area contributed by atoms with Crippen molar-refractivity contribution in [3.05, 3.63) is 72.8 Å². The predicted octanol–water partition coefficient (Wildman–Crippen LogP) is 8.25. The quantitative estimate of drug-likeness (QED) is 0.0400. The molecule has 0 aromatic heterocycles. The van der Waals surface area contributed by atoms with Gasteiger partial charge in [-0.25, -0.2) is 16.8 Å². The zero-order valence-corrected chi connectivity index (χ0v) is 50.1. The van der Waals surface area contributed by atoms with Gasteiger partial charge in [-0.05, 0) is 70.8 Å². The van der Waals surface area contributed by atoms with Crippen LogP contribution < -0.4 is 75.0 Å². The Hall–Kier alpha value is -1.82. The van der Waals surface area contributed by atoms with E-state index in [1.807, 2.05) is 0 Å². The van der Waals surface area contributed by atoms with Crippen molar-refractivity contribution in [3.63, 3.8) is 0 Å². The molecule has 0 fully saturated rings. The number of hydrogen-bond acceptors (Lipinski definition) is 13. The van der Waals surface area contributed by atoms with Gasteiger partial charge in [0.1, 0.15) is 42.6 Å². The number of hydrogen-bond donors (Lipinski definition) is 0. The SMILES string of the molecule is CC#N.O=S(=O)(Cl)c1cc(-c2ccc(OC(F)(F)C(F)(F)Br)c(S(=O)(=O)Cl)c2)ccc1OC(F)(F)C(F)(F)Br.O=S(=O)(F)c1cc(-c2ccc(OC(F)(F)C(F)(F)Br)c(S(=O)(=O)F)c2)ccc1OC(F)(F)C(F)(F)Br.[F-].[K+]. The standard InChI is InChI=1S/C16H6Br2Cl2F8O6S2.C16H6Br2F10O6S2.C2H3N.FH.K/c17-13(21,22)15(25,26)33-9-3-1-7(5-11(9)35(19,29)30)8-2-4-10(12(6-8)36(20,31)32)34-16(27,28)14(18,23)24;17-13(19,20)15(23,24)33-9-3-1-7(5-11(9)35(27,29)30)8-2-4-10(12(6-8)36(28,31)32)34-16(25,26)14(18,21)22;1-2-3;;/h2*1-6H;1H3;1H;/q;;;;+1/p-1. The van der Waals surface area contributed by atoms with Crippen LogP contribution in [0.25, 0.3) is 22.3 Å². The third kappa shape index (κ3) is 20.2. The van der Waals surface area contributed by atoms with E-state index >= 15 is 0 Å². The number of ether oxygens (including phenoxy) is 4. The molecule has 0 bridgehead atoms. The van der Waals surface area contributed by atoms with Gasteiger partial charge in [0.25, 0.3) is 18.1 Å². The van der Waals surface area contributed by atoms with Crippen molar-refractivity contribution >= 4 is 124 Å². The molecule has 0 amide bonds. The maximum Gasteiger partial charge on any atom is 1.00 e. The Morgan fingerprint density at radius 1 is 0.416 bits per heavy atom. The molecule has 77 heavy (non-hydrogen) atoms. The van der Waals surface area contributed by atoms with Gasteiger partial charge >= 0.3 is 116 Å². The topological polar surface area (TPSA) is 197 Å². The van der Waals surface area contributed by atoms with Crippen molar-refractivity contribution in [2.24, 2.45) is 0 Å². The summed E-state index contributed by atoms with van der Waals surface area (Å²) in [5.41, 5.74) is -2.02. The molecule has 13 nitrogen and oxygen atoms in total.